The lowest BCUT2D eigenvalue weighted by Gasteiger charge is -2.05. The third kappa shape index (κ3) is 5.97. The minimum Gasteiger partial charge on any atom is -0.355 e. The highest BCUT2D eigenvalue weighted by atomic mass is 16.1. The summed E-state index contributed by atoms with van der Waals surface area (Å²) in [7, 11) is 0. The van der Waals surface area contributed by atoms with Gasteiger partial charge in [-0.25, -0.2) is 0 Å². The maximum absolute atomic E-state index is 11.4. The normalized spacial score (nSPS) is 10.2. The lowest BCUT2D eigenvalue weighted by Crippen LogP contribution is -2.34. The van der Waals surface area contributed by atoms with Crippen molar-refractivity contribution in [1.29, 1.82) is 0 Å². The average Bonchev–Trinajstić information content (AvgIpc) is 2.32. The summed E-state index contributed by atoms with van der Waals surface area (Å²) in [6, 6.07) is 0. The summed E-state index contributed by atoms with van der Waals surface area (Å²) >= 11 is 0. The van der Waals surface area contributed by atoms with E-state index in [0.717, 1.165) is 30.8 Å². The first-order chi connectivity index (χ1) is 8.22. The summed E-state index contributed by atoms with van der Waals surface area (Å²) in [6.45, 7) is 5.63. The quantitative estimate of drug-likeness (QED) is 0.687. The highest BCUT2D eigenvalue weighted by Crippen LogP contribution is 1.92. The van der Waals surface area contributed by atoms with Crippen LogP contribution in [-0.2, 0) is 11.3 Å². The second-order valence-corrected chi connectivity index (χ2v) is 3.96. The molecule has 0 bridgehead atoms. The van der Waals surface area contributed by atoms with Gasteiger partial charge >= 0.3 is 0 Å². The minimum atomic E-state index is 0.0264. The van der Waals surface area contributed by atoms with Crippen molar-refractivity contribution in [3.05, 3.63) is 23.8 Å². The van der Waals surface area contributed by atoms with E-state index in [9.17, 15) is 4.79 Å². The van der Waals surface area contributed by atoms with Crippen LogP contribution in [0.25, 0.3) is 0 Å². The number of nitrogens with zero attached hydrogens (tertiary/aromatic N) is 2. The molecule has 0 spiro atoms. The molecule has 0 atom stereocenters. The van der Waals surface area contributed by atoms with E-state index in [-0.39, 0.29) is 5.91 Å². The Labute approximate surface area is 102 Å². The number of carbonyl (C=O) groups excluding carboxylic acids is 1. The molecule has 0 saturated heterocycles. The first-order valence-corrected chi connectivity index (χ1v) is 5.97. The van der Waals surface area contributed by atoms with Gasteiger partial charge in [-0.2, -0.15) is 0 Å². The molecular weight excluding hydrogens is 216 g/mol. The van der Waals surface area contributed by atoms with Gasteiger partial charge in [-0.05, 0) is 13.3 Å². The van der Waals surface area contributed by atoms with Crippen molar-refractivity contribution in [2.24, 2.45) is 0 Å². The van der Waals surface area contributed by atoms with E-state index in [4.69, 9.17) is 0 Å². The number of nitrogens with one attached hydrogen (secondary N) is 2. The lowest BCUT2D eigenvalue weighted by atomic mass is 10.3. The van der Waals surface area contributed by atoms with Crippen LogP contribution in [0.5, 0.6) is 0 Å². The summed E-state index contributed by atoms with van der Waals surface area (Å²) in [4.78, 5) is 19.7. The Morgan fingerprint density at radius 1 is 1.35 bits per heavy atom. The number of rotatable bonds is 7. The van der Waals surface area contributed by atoms with Gasteiger partial charge in [0.1, 0.15) is 0 Å². The Kier molecular flexibility index (Phi) is 6.17. The zero-order valence-corrected chi connectivity index (χ0v) is 10.5. The van der Waals surface area contributed by atoms with Crippen LogP contribution in [0.2, 0.25) is 0 Å². The van der Waals surface area contributed by atoms with Crippen molar-refractivity contribution < 1.29 is 4.79 Å². The minimum absolute atomic E-state index is 0.0264. The Bertz CT molecular complexity index is 337. The van der Waals surface area contributed by atoms with E-state index >= 15 is 0 Å². The molecule has 0 radical (unpaired) electrons. The second-order valence-electron chi connectivity index (χ2n) is 3.96. The van der Waals surface area contributed by atoms with Crippen molar-refractivity contribution in [3.63, 3.8) is 0 Å². The molecule has 1 amide bonds. The highest BCUT2D eigenvalue weighted by Gasteiger charge is 2.00. The average molecular weight is 236 g/mol. The molecule has 1 aromatic rings. The van der Waals surface area contributed by atoms with Gasteiger partial charge in [0, 0.05) is 25.5 Å². The zero-order chi connectivity index (χ0) is 12.5. The molecule has 1 rings (SSSR count). The number of aryl methyl sites for hydroxylation is 1. The number of unbranched alkanes of at least 4 members (excludes halogenated alkanes) is 1. The SMILES string of the molecule is CCCCNC(=O)CNCc1cnc(C)cn1. The first-order valence-electron chi connectivity index (χ1n) is 5.97. The zero-order valence-electron chi connectivity index (χ0n) is 10.5. The van der Waals surface area contributed by atoms with E-state index in [1.165, 1.54) is 0 Å². The highest BCUT2D eigenvalue weighted by molar-refractivity contribution is 5.77. The fourth-order valence-corrected chi connectivity index (χ4v) is 1.28. The van der Waals surface area contributed by atoms with Gasteiger partial charge in [-0.3, -0.25) is 14.8 Å². The fraction of sp³-hybridized carbons (Fsp3) is 0.583. The number of amides is 1. The number of carbonyl (C=O) groups is 1. The third-order valence-electron chi connectivity index (χ3n) is 2.28. The molecule has 0 saturated carbocycles. The Morgan fingerprint density at radius 2 is 2.18 bits per heavy atom. The van der Waals surface area contributed by atoms with Crippen LogP contribution >= 0.6 is 0 Å². The van der Waals surface area contributed by atoms with Crippen LogP contribution in [0.15, 0.2) is 12.4 Å². The van der Waals surface area contributed by atoms with Crippen molar-refractivity contribution >= 4 is 5.91 Å². The van der Waals surface area contributed by atoms with Crippen LogP contribution in [0.4, 0.5) is 0 Å². The summed E-state index contributed by atoms with van der Waals surface area (Å²) in [5, 5.41) is 5.87. The van der Waals surface area contributed by atoms with Crippen LogP contribution < -0.4 is 10.6 Å². The summed E-state index contributed by atoms with van der Waals surface area (Å²) in [5.74, 6) is 0.0264. The molecule has 0 aliphatic rings. The topological polar surface area (TPSA) is 66.9 Å². The predicted octanol–water partition coefficient (Wildman–Crippen LogP) is 0.791. The van der Waals surface area contributed by atoms with Crippen molar-refractivity contribution in [1.82, 2.24) is 20.6 Å². The van der Waals surface area contributed by atoms with E-state index in [1.807, 2.05) is 6.92 Å². The molecule has 0 fully saturated rings. The molecule has 5 heteroatoms. The lowest BCUT2D eigenvalue weighted by molar-refractivity contribution is -0.120. The molecule has 0 unspecified atom stereocenters. The monoisotopic (exact) mass is 236 g/mol. The first kappa shape index (κ1) is 13.6. The van der Waals surface area contributed by atoms with Gasteiger partial charge in [-0.1, -0.05) is 13.3 Å². The summed E-state index contributed by atoms with van der Waals surface area (Å²) in [6.07, 6.45) is 5.55. The van der Waals surface area contributed by atoms with Gasteiger partial charge in [0.05, 0.1) is 17.9 Å². The van der Waals surface area contributed by atoms with Crippen LogP contribution in [-0.4, -0.2) is 29.0 Å². The molecular formula is C12H20N4O. The maximum Gasteiger partial charge on any atom is 0.233 e. The number of hydrogen-bond donors (Lipinski definition) is 2. The fourth-order valence-electron chi connectivity index (χ4n) is 1.28. The largest absolute Gasteiger partial charge is 0.355 e. The van der Waals surface area contributed by atoms with Crippen molar-refractivity contribution in [2.45, 2.75) is 33.2 Å². The van der Waals surface area contributed by atoms with Crippen molar-refractivity contribution in [2.75, 3.05) is 13.1 Å². The van der Waals surface area contributed by atoms with Gasteiger partial charge in [-0.15, -0.1) is 0 Å². The molecule has 1 heterocycles. The molecule has 2 N–H and O–H groups in total. The molecule has 94 valence electrons. The molecule has 17 heavy (non-hydrogen) atoms. The third-order valence-corrected chi connectivity index (χ3v) is 2.28. The van der Waals surface area contributed by atoms with E-state index < -0.39 is 0 Å². The molecule has 5 nitrogen and oxygen atoms in total. The molecule has 0 aliphatic carbocycles. The summed E-state index contributed by atoms with van der Waals surface area (Å²) < 4.78 is 0. The maximum atomic E-state index is 11.4. The van der Waals surface area contributed by atoms with Gasteiger partial charge in [0.15, 0.2) is 0 Å². The number of hydrogen-bond acceptors (Lipinski definition) is 4. The molecule has 1 aromatic heterocycles. The molecule has 0 aromatic carbocycles. The summed E-state index contributed by atoms with van der Waals surface area (Å²) in [5.41, 5.74) is 1.74. The second kappa shape index (κ2) is 7.73. The van der Waals surface area contributed by atoms with Gasteiger partial charge < -0.3 is 10.6 Å². The Morgan fingerprint density at radius 3 is 2.82 bits per heavy atom. The Balaban J connectivity index is 2.14. The van der Waals surface area contributed by atoms with Crippen molar-refractivity contribution in [3.8, 4) is 0 Å². The van der Waals surface area contributed by atoms with E-state index in [1.54, 1.807) is 12.4 Å². The van der Waals surface area contributed by atoms with E-state index in [0.29, 0.717) is 13.1 Å². The molecule has 0 aliphatic heterocycles. The van der Waals surface area contributed by atoms with E-state index in [2.05, 4.69) is 27.5 Å². The van der Waals surface area contributed by atoms with Gasteiger partial charge in [0.2, 0.25) is 5.91 Å². The Hall–Kier alpha value is -1.49. The predicted molar refractivity (Wildman–Crippen MR) is 66.4 cm³/mol. The van der Waals surface area contributed by atoms with Crippen LogP contribution in [0.3, 0.4) is 0 Å². The standard InChI is InChI=1S/C12H20N4O/c1-3-4-5-14-12(17)9-13-7-11-8-15-10(2)6-16-11/h6,8,13H,3-5,7,9H2,1-2H3,(H,14,17). The number of aromatic nitrogens is 2. The van der Waals surface area contributed by atoms with Crippen LogP contribution in [0, 0.1) is 6.92 Å². The van der Waals surface area contributed by atoms with Crippen LogP contribution in [0.1, 0.15) is 31.2 Å². The smallest absolute Gasteiger partial charge is 0.233 e. The van der Waals surface area contributed by atoms with Gasteiger partial charge in [0.25, 0.3) is 0 Å².